The van der Waals surface area contributed by atoms with E-state index in [0.29, 0.717) is 24.7 Å². The first-order chi connectivity index (χ1) is 15.0. The summed E-state index contributed by atoms with van der Waals surface area (Å²) in [6.45, 7) is 5.57. The SMILES string of the molecule is C=CCOCCN(C)c1ccc(/C=C2N=C(/C=C/c3ccc(F)cc3)N(C)C\2=O)cc1. The summed E-state index contributed by atoms with van der Waals surface area (Å²) in [5, 5.41) is 0. The van der Waals surface area contributed by atoms with Crippen LogP contribution in [0.15, 0.2) is 78.0 Å². The van der Waals surface area contributed by atoms with Crippen LogP contribution in [0.1, 0.15) is 11.1 Å². The number of likely N-dealkylation sites (N-methyl/N-ethyl adjacent to an activating group) is 2. The lowest BCUT2D eigenvalue weighted by Gasteiger charge is -2.19. The van der Waals surface area contributed by atoms with Crippen molar-refractivity contribution in [2.45, 2.75) is 0 Å². The van der Waals surface area contributed by atoms with Gasteiger partial charge in [0.05, 0.1) is 13.2 Å². The maximum atomic E-state index is 13.0. The highest BCUT2D eigenvalue weighted by Gasteiger charge is 2.25. The molecule has 0 aliphatic carbocycles. The van der Waals surface area contributed by atoms with Crippen LogP contribution in [0.25, 0.3) is 12.2 Å². The first-order valence-corrected chi connectivity index (χ1v) is 10.00. The molecule has 5 nitrogen and oxygen atoms in total. The van der Waals surface area contributed by atoms with Gasteiger partial charge in [-0.05, 0) is 47.5 Å². The Bertz CT molecular complexity index is 1010. The Kier molecular flexibility index (Phi) is 7.51. The molecule has 1 aliphatic rings. The van der Waals surface area contributed by atoms with Crippen LogP contribution in [-0.2, 0) is 9.53 Å². The molecule has 0 N–H and O–H groups in total. The Hall–Kier alpha value is -3.51. The molecule has 0 spiro atoms. The normalized spacial score (nSPS) is 15.1. The molecule has 0 radical (unpaired) electrons. The third kappa shape index (κ3) is 5.99. The van der Waals surface area contributed by atoms with E-state index in [1.807, 2.05) is 31.3 Å². The fourth-order valence-electron chi connectivity index (χ4n) is 2.99. The van der Waals surface area contributed by atoms with Crippen molar-refractivity contribution in [2.75, 3.05) is 38.8 Å². The van der Waals surface area contributed by atoms with Crippen molar-refractivity contribution in [3.8, 4) is 0 Å². The van der Waals surface area contributed by atoms with Crippen LogP contribution in [0.2, 0.25) is 0 Å². The molecule has 0 fully saturated rings. The van der Waals surface area contributed by atoms with Crippen molar-refractivity contribution >= 4 is 29.6 Å². The molecule has 0 aromatic heterocycles. The average Bonchev–Trinajstić information content (AvgIpc) is 3.04. The standard InChI is InChI=1S/C25H26FN3O2/c1-4-16-31-17-15-28(2)22-12-7-20(8-13-22)18-23-25(30)29(3)24(27-23)14-9-19-5-10-21(26)11-6-19/h4-14,18H,1,15-17H2,2-3H3/b14-9+,23-18-. The maximum absolute atomic E-state index is 13.0. The van der Waals surface area contributed by atoms with E-state index < -0.39 is 0 Å². The van der Waals surface area contributed by atoms with Crippen molar-refractivity contribution in [1.29, 1.82) is 0 Å². The number of halogens is 1. The zero-order valence-electron chi connectivity index (χ0n) is 17.8. The molecular formula is C25H26FN3O2. The molecule has 2 aromatic rings. The lowest BCUT2D eigenvalue weighted by molar-refractivity contribution is -0.121. The number of hydrogen-bond acceptors (Lipinski definition) is 4. The third-order valence-corrected chi connectivity index (χ3v) is 4.84. The number of nitrogens with zero attached hydrogens (tertiary/aromatic N) is 3. The predicted molar refractivity (Wildman–Crippen MR) is 124 cm³/mol. The number of hydrogen-bond donors (Lipinski definition) is 0. The molecule has 3 rings (SSSR count). The van der Waals surface area contributed by atoms with Crippen LogP contribution in [0.4, 0.5) is 10.1 Å². The molecule has 1 amide bonds. The van der Waals surface area contributed by atoms with Gasteiger partial charge in [-0.25, -0.2) is 9.38 Å². The number of rotatable bonds is 9. The van der Waals surface area contributed by atoms with E-state index in [1.54, 1.807) is 43.5 Å². The molecule has 2 aromatic carbocycles. The van der Waals surface area contributed by atoms with Gasteiger partial charge in [-0.3, -0.25) is 9.69 Å². The predicted octanol–water partition coefficient (Wildman–Crippen LogP) is 4.39. The molecule has 160 valence electrons. The maximum Gasteiger partial charge on any atom is 0.277 e. The second-order valence-corrected chi connectivity index (χ2v) is 7.13. The van der Waals surface area contributed by atoms with E-state index in [2.05, 4.69) is 16.5 Å². The van der Waals surface area contributed by atoms with E-state index in [0.717, 1.165) is 23.4 Å². The zero-order chi connectivity index (χ0) is 22.2. The van der Waals surface area contributed by atoms with Gasteiger partial charge in [0, 0.05) is 26.3 Å². The van der Waals surface area contributed by atoms with E-state index in [1.165, 1.54) is 17.0 Å². The Morgan fingerprint density at radius 3 is 2.45 bits per heavy atom. The number of amides is 1. The van der Waals surface area contributed by atoms with Crippen LogP contribution >= 0.6 is 0 Å². The summed E-state index contributed by atoms with van der Waals surface area (Å²) in [7, 11) is 3.69. The van der Waals surface area contributed by atoms with Crippen LogP contribution < -0.4 is 4.90 Å². The lowest BCUT2D eigenvalue weighted by Crippen LogP contribution is -2.26. The highest BCUT2D eigenvalue weighted by atomic mass is 19.1. The van der Waals surface area contributed by atoms with Crippen molar-refractivity contribution in [3.05, 3.63) is 89.9 Å². The molecule has 31 heavy (non-hydrogen) atoms. The van der Waals surface area contributed by atoms with Crippen LogP contribution in [0, 0.1) is 5.82 Å². The lowest BCUT2D eigenvalue weighted by atomic mass is 10.1. The fourth-order valence-corrected chi connectivity index (χ4v) is 2.99. The topological polar surface area (TPSA) is 45.1 Å². The number of amidine groups is 1. The number of aliphatic imine (C=N–C) groups is 1. The van der Waals surface area contributed by atoms with Gasteiger partial charge in [-0.2, -0.15) is 0 Å². The first kappa shape index (κ1) is 22.2. The Morgan fingerprint density at radius 1 is 1.10 bits per heavy atom. The van der Waals surface area contributed by atoms with E-state index in [4.69, 9.17) is 4.74 Å². The molecule has 6 heteroatoms. The van der Waals surface area contributed by atoms with Crippen molar-refractivity contribution in [1.82, 2.24) is 4.90 Å². The van der Waals surface area contributed by atoms with Gasteiger partial charge in [-0.15, -0.1) is 6.58 Å². The summed E-state index contributed by atoms with van der Waals surface area (Å²) in [6.07, 6.45) is 7.05. The van der Waals surface area contributed by atoms with E-state index in [9.17, 15) is 9.18 Å². The highest BCUT2D eigenvalue weighted by Crippen LogP contribution is 2.20. The number of carbonyl (C=O) groups is 1. The van der Waals surface area contributed by atoms with Gasteiger partial charge in [0.1, 0.15) is 17.3 Å². The second-order valence-electron chi connectivity index (χ2n) is 7.13. The Balaban J connectivity index is 1.68. The fraction of sp³-hybridized carbons (Fsp3) is 0.200. The quantitative estimate of drug-likeness (QED) is 0.344. The minimum atomic E-state index is -0.286. The van der Waals surface area contributed by atoms with Gasteiger partial charge in [0.15, 0.2) is 0 Å². The van der Waals surface area contributed by atoms with Gasteiger partial charge in [-0.1, -0.05) is 36.4 Å². The van der Waals surface area contributed by atoms with E-state index in [-0.39, 0.29) is 11.7 Å². The Labute approximate surface area is 182 Å². The molecule has 0 atom stereocenters. The smallest absolute Gasteiger partial charge is 0.277 e. The van der Waals surface area contributed by atoms with E-state index >= 15 is 0 Å². The average molecular weight is 420 g/mol. The first-order valence-electron chi connectivity index (χ1n) is 10.00. The summed E-state index contributed by atoms with van der Waals surface area (Å²) in [5.74, 6) is 0.0851. The highest BCUT2D eigenvalue weighted by molar-refractivity contribution is 6.18. The second kappa shape index (κ2) is 10.5. The summed E-state index contributed by atoms with van der Waals surface area (Å²) in [6, 6.07) is 14.0. The number of ether oxygens (including phenoxy) is 1. The van der Waals surface area contributed by atoms with Gasteiger partial charge in [0.25, 0.3) is 5.91 Å². The summed E-state index contributed by atoms with van der Waals surface area (Å²) in [4.78, 5) is 20.6. The number of carbonyl (C=O) groups excluding carboxylic acids is 1. The summed E-state index contributed by atoms with van der Waals surface area (Å²) >= 11 is 0. The molecule has 0 saturated carbocycles. The Morgan fingerprint density at radius 2 is 1.77 bits per heavy atom. The summed E-state index contributed by atoms with van der Waals surface area (Å²) < 4.78 is 18.5. The van der Waals surface area contributed by atoms with Crippen LogP contribution in [0.5, 0.6) is 0 Å². The zero-order valence-corrected chi connectivity index (χ0v) is 17.8. The van der Waals surface area contributed by atoms with Gasteiger partial charge in [0.2, 0.25) is 0 Å². The molecule has 0 saturated heterocycles. The monoisotopic (exact) mass is 419 g/mol. The van der Waals surface area contributed by atoms with Crippen molar-refractivity contribution in [3.63, 3.8) is 0 Å². The van der Waals surface area contributed by atoms with Crippen LogP contribution in [0.3, 0.4) is 0 Å². The number of anilines is 1. The molecule has 0 bridgehead atoms. The molecule has 0 unspecified atom stereocenters. The summed E-state index contributed by atoms with van der Waals surface area (Å²) in [5.41, 5.74) is 3.16. The molecule has 1 aliphatic heterocycles. The minimum Gasteiger partial charge on any atom is -0.376 e. The van der Waals surface area contributed by atoms with Gasteiger partial charge < -0.3 is 9.64 Å². The minimum absolute atomic E-state index is 0.167. The third-order valence-electron chi connectivity index (χ3n) is 4.84. The molecular weight excluding hydrogens is 393 g/mol. The van der Waals surface area contributed by atoms with Crippen molar-refractivity contribution < 1.29 is 13.9 Å². The van der Waals surface area contributed by atoms with Gasteiger partial charge >= 0.3 is 0 Å². The number of benzene rings is 2. The van der Waals surface area contributed by atoms with Crippen molar-refractivity contribution in [2.24, 2.45) is 4.99 Å². The largest absolute Gasteiger partial charge is 0.376 e. The molecule has 1 heterocycles. The van der Waals surface area contributed by atoms with Crippen LogP contribution in [-0.4, -0.2) is 50.5 Å².